The molecule has 0 aromatic carbocycles. The second-order valence-electron chi connectivity index (χ2n) is 2.18. The van der Waals surface area contributed by atoms with Gasteiger partial charge in [-0.2, -0.15) is 0 Å². The van der Waals surface area contributed by atoms with Crippen molar-refractivity contribution in [1.82, 2.24) is 0 Å². The number of methoxy groups -OCH3 is 1. The van der Waals surface area contributed by atoms with Gasteiger partial charge < -0.3 is 4.74 Å². The zero-order valence-electron chi connectivity index (χ0n) is 7.05. The molecule has 0 radical (unpaired) electrons. The lowest BCUT2D eigenvalue weighted by atomic mass is 10.3. The Bertz CT molecular complexity index is 141. The number of rotatable bonds is 5. The minimum atomic E-state index is -0.310. The zero-order chi connectivity index (χ0) is 9.56. The van der Waals surface area contributed by atoms with Crippen molar-refractivity contribution in [2.75, 3.05) is 18.7 Å². The van der Waals surface area contributed by atoms with E-state index < -0.39 is 0 Å². The zero-order valence-corrected chi connectivity index (χ0v) is 9.38. The molecule has 72 valence electrons. The molecule has 0 aromatic rings. The van der Waals surface area contributed by atoms with E-state index >= 15 is 0 Å². The molecule has 2 unspecified atom stereocenters. The molecule has 0 saturated carbocycles. The standard InChI is InChI=1S/C7H12Cl2O2S/c1-5(9)6(7(10)11-2)12-4-3-8/h5-6H,3-4H2,1-2H3. The van der Waals surface area contributed by atoms with Gasteiger partial charge in [0.15, 0.2) is 0 Å². The van der Waals surface area contributed by atoms with Crippen molar-refractivity contribution in [3.8, 4) is 0 Å². The topological polar surface area (TPSA) is 26.3 Å². The van der Waals surface area contributed by atoms with E-state index in [9.17, 15) is 4.79 Å². The molecule has 2 atom stereocenters. The van der Waals surface area contributed by atoms with Crippen LogP contribution in [0.15, 0.2) is 0 Å². The molecule has 5 heteroatoms. The fourth-order valence-electron chi connectivity index (χ4n) is 0.676. The van der Waals surface area contributed by atoms with E-state index in [0.29, 0.717) is 11.6 Å². The van der Waals surface area contributed by atoms with Crippen LogP contribution in [0.4, 0.5) is 0 Å². The van der Waals surface area contributed by atoms with E-state index in [2.05, 4.69) is 4.74 Å². The lowest BCUT2D eigenvalue weighted by molar-refractivity contribution is -0.139. The van der Waals surface area contributed by atoms with Gasteiger partial charge in [0.25, 0.3) is 0 Å². The molecule has 0 bridgehead atoms. The summed E-state index contributed by atoms with van der Waals surface area (Å²) in [7, 11) is 1.36. The van der Waals surface area contributed by atoms with Crippen LogP contribution in [0.2, 0.25) is 0 Å². The van der Waals surface area contributed by atoms with Gasteiger partial charge in [0.1, 0.15) is 5.25 Å². The number of halogens is 2. The summed E-state index contributed by atoms with van der Waals surface area (Å²) in [6.07, 6.45) is 0. The first-order valence-electron chi connectivity index (χ1n) is 3.53. The number of alkyl halides is 2. The van der Waals surface area contributed by atoms with Crippen LogP contribution >= 0.6 is 35.0 Å². The molecule has 0 aliphatic rings. The van der Waals surface area contributed by atoms with Crippen molar-refractivity contribution in [1.29, 1.82) is 0 Å². The maximum absolute atomic E-state index is 11.1. The number of thioether (sulfide) groups is 1. The van der Waals surface area contributed by atoms with Gasteiger partial charge >= 0.3 is 5.97 Å². The Balaban J connectivity index is 3.95. The van der Waals surface area contributed by atoms with Gasteiger partial charge in [0.05, 0.1) is 12.5 Å². The highest BCUT2D eigenvalue weighted by Gasteiger charge is 2.24. The van der Waals surface area contributed by atoms with E-state index in [-0.39, 0.29) is 16.6 Å². The van der Waals surface area contributed by atoms with Gasteiger partial charge in [-0.3, -0.25) is 4.79 Å². The molecule has 0 aliphatic carbocycles. The van der Waals surface area contributed by atoms with Crippen molar-refractivity contribution in [2.45, 2.75) is 17.6 Å². The predicted octanol–water partition coefficient (Wildman–Crippen LogP) is 2.13. The summed E-state index contributed by atoms with van der Waals surface area (Å²) in [5.41, 5.74) is 0. The summed E-state index contributed by atoms with van der Waals surface area (Å²) in [5, 5.41) is -0.541. The lowest BCUT2D eigenvalue weighted by Gasteiger charge is -2.15. The minimum Gasteiger partial charge on any atom is -0.468 e. The summed E-state index contributed by atoms with van der Waals surface area (Å²) >= 11 is 12.7. The second-order valence-corrected chi connectivity index (χ2v) is 4.50. The first-order valence-corrected chi connectivity index (χ1v) is 5.55. The van der Waals surface area contributed by atoms with Crippen LogP contribution in [0, 0.1) is 0 Å². The minimum absolute atomic E-state index is 0.231. The van der Waals surface area contributed by atoms with Crippen LogP contribution in [-0.2, 0) is 9.53 Å². The highest BCUT2D eigenvalue weighted by Crippen LogP contribution is 2.20. The van der Waals surface area contributed by atoms with Crippen LogP contribution in [0.25, 0.3) is 0 Å². The Morgan fingerprint density at radius 3 is 2.58 bits per heavy atom. The Morgan fingerprint density at radius 1 is 1.67 bits per heavy atom. The number of esters is 1. The van der Waals surface area contributed by atoms with Crippen LogP contribution in [0.5, 0.6) is 0 Å². The van der Waals surface area contributed by atoms with E-state index in [4.69, 9.17) is 23.2 Å². The van der Waals surface area contributed by atoms with Crippen LogP contribution in [-0.4, -0.2) is 35.3 Å². The summed E-state index contributed by atoms with van der Waals surface area (Å²) in [4.78, 5) is 11.1. The van der Waals surface area contributed by atoms with Crippen molar-refractivity contribution in [2.24, 2.45) is 0 Å². The van der Waals surface area contributed by atoms with Crippen molar-refractivity contribution in [3.63, 3.8) is 0 Å². The molecule has 0 amide bonds. The third-order valence-electron chi connectivity index (χ3n) is 1.23. The van der Waals surface area contributed by atoms with Crippen LogP contribution in [0.3, 0.4) is 0 Å². The second kappa shape index (κ2) is 6.87. The van der Waals surface area contributed by atoms with Crippen molar-refractivity contribution < 1.29 is 9.53 Å². The monoisotopic (exact) mass is 230 g/mol. The molecule has 12 heavy (non-hydrogen) atoms. The maximum atomic E-state index is 11.1. The fourth-order valence-corrected chi connectivity index (χ4v) is 2.10. The molecule has 0 spiro atoms. The van der Waals surface area contributed by atoms with E-state index in [1.807, 2.05) is 0 Å². The number of ether oxygens (including phenoxy) is 1. The van der Waals surface area contributed by atoms with E-state index in [0.717, 1.165) is 0 Å². The Hall–Kier alpha value is 0.400. The number of hydrogen-bond donors (Lipinski definition) is 0. The van der Waals surface area contributed by atoms with Crippen LogP contribution < -0.4 is 0 Å². The highest BCUT2D eigenvalue weighted by atomic mass is 35.5. The average molecular weight is 231 g/mol. The molecule has 0 fully saturated rings. The lowest BCUT2D eigenvalue weighted by Crippen LogP contribution is -2.27. The largest absolute Gasteiger partial charge is 0.468 e. The van der Waals surface area contributed by atoms with E-state index in [1.54, 1.807) is 6.92 Å². The number of carbonyl (C=O) groups is 1. The smallest absolute Gasteiger partial charge is 0.320 e. The molecule has 0 N–H and O–H groups in total. The van der Waals surface area contributed by atoms with Gasteiger partial charge in [-0.1, -0.05) is 0 Å². The predicted molar refractivity (Wildman–Crippen MR) is 54.3 cm³/mol. The first-order chi connectivity index (χ1) is 5.63. The third-order valence-corrected chi connectivity index (χ3v) is 3.44. The quantitative estimate of drug-likeness (QED) is 0.535. The van der Waals surface area contributed by atoms with Gasteiger partial charge in [-0.05, 0) is 6.92 Å². The molecule has 0 saturated heterocycles. The molecule has 0 aromatic heterocycles. The van der Waals surface area contributed by atoms with Crippen LogP contribution in [0.1, 0.15) is 6.92 Å². The molecule has 0 rings (SSSR count). The van der Waals surface area contributed by atoms with Crippen molar-refractivity contribution >= 4 is 40.9 Å². The van der Waals surface area contributed by atoms with E-state index in [1.165, 1.54) is 18.9 Å². The van der Waals surface area contributed by atoms with Gasteiger partial charge in [0, 0.05) is 11.6 Å². The van der Waals surface area contributed by atoms with Gasteiger partial charge in [-0.15, -0.1) is 35.0 Å². The van der Waals surface area contributed by atoms with Crippen molar-refractivity contribution in [3.05, 3.63) is 0 Å². The normalized spacial score (nSPS) is 15.3. The summed E-state index contributed by atoms with van der Waals surface area (Å²) in [6, 6.07) is 0. The fraction of sp³-hybridized carbons (Fsp3) is 0.857. The average Bonchev–Trinajstić information content (AvgIpc) is 2.04. The number of carbonyl (C=O) groups excluding carboxylic acids is 1. The molecule has 0 aliphatic heterocycles. The molecular weight excluding hydrogens is 219 g/mol. The van der Waals surface area contributed by atoms with Gasteiger partial charge in [0.2, 0.25) is 0 Å². The van der Waals surface area contributed by atoms with Gasteiger partial charge in [-0.25, -0.2) is 0 Å². The molecule has 0 heterocycles. The third kappa shape index (κ3) is 4.43. The SMILES string of the molecule is COC(=O)C(SCCCl)C(C)Cl. The molecule has 2 nitrogen and oxygen atoms in total. The summed E-state index contributed by atoms with van der Waals surface area (Å²) in [6.45, 7) is 1.77. The number of hydrogen-bond acceptors (Lipinski definition) is 3. The highest BCUT2D eigenvalue weighted by molar-refractivity contribution is 8.00. The maximum Gasteiger partial charge on any atom is 0.320 e. The molecular formula is C7H12Cl2O2S. The Kier molecular flexibility index (Phi) is 7.10. The Labute approximate surface area is 86.9 Å². The summed E-state index contributed by atoms with van der Waals surface area (Å²) < 4.78 is 4.58. The Morgan fingerprint density at radius 2 is 2.25 bits per heavy atom. The first kappa shape index (κ1) is 12.4. The summed E-state index contributed by atoms with van der Waals surface area (Å²) in [5.74, 6) is 0.938.